The molecule has 0 fully saturated rings. The summed E-state index contributed by atoms with van der Waals surface area (Å²) < 4.78 is 26.1. The fourth-order valence-electron chi connectivity index (χ4n) is 1.72. The molecule has 0 aliphatic carbocycles. The van der Waals surface area contributed by atoms with Gasteiger partial charge in [0.2, 0.25) is 10.0 Å². The lowest BCUT2D eigenvalue weighted by molar-refractivity contribution is 0.476. The standard InChI is InChI=1S/C13H22N2O2S/c1-10(2)12-6-5-11(3)13(9-12)18(16,17)15(4)8-7-14/h5-6,9-10H,7-8,14H2,1-4H3. The quantitative estimate of drug-likeness (QED) is 0.885. The van der Waals surface area contributed by atoms with Crippen molar-refractivity contribution in [3.63, 3.8) is 0 Å². The zero-order chi connectivity index (χ0) is 13.9. The van der Waals surface area contributed by atoms with Crippen molar-refractivity contribution < 1.29 is 8.42 Å². The summed E-state index contributed by atoms with van der Waals surface area (Å²) in [5.74, 6) is 0.305. The van der Waals surface area contributed by atoms with E-state index in [0.717, 1.165) is 11.1 Å². The van der Waals surface area contributed by atoms with Crippen molar-refractivity contribution in [3.8, 4) is 0 Å². The smallest absolute Gasteiger partial charge is 0.243 e. The molecule has 5 heteroatoms. The van der Waals surface area contributed by atoms with Crippen LogP contribution in [-0.2, 0) is 10.0 Å². The summed E-state index contributed by atoms with van der Waals surface area (Å²) in [5.41, 5.74) is 7.21. The summed E-state index contributed by atoms with van der Waals surface area (Å²) in [7, 11) is -1.88. The van der Waals surface area contributed by atoms with Gasteiger partial charge in [-0.05, 0) is 30.0 Å². The third-order valence-electron chi connectivity index (χ3n) is 3.01. The molecule has 0 atom stereocenters. The Morgan fingerprint density at radius 3 is 2.44 bits per heavy atom. The summed E-state index contributed by atoms with van der Waals surface area (Å²) in [6.45, 7) is 6.55. The van der Waals surface area contributed by atoms with Gasteiger partial charge in [-0.2, -0.15) is 4.31 Å². The van der Waals surface area contributed by atoms with Crippen LogP contribution >= 0.6 is 0 Å². The van der Waals surface area contributed by atoms with Crippen molar-refractivity contribution in [1.82, 2.24) is 4.31 Å². The highest BCUT2D eigenvalue weighted by atomic mass is 32.2. The van der Waals surface area contributed by atoms with Crippen LogP contribution in [0.1, 0.15) is 30.9 Å². The highest BCUT2D eigenvalue weighted by Gasteiger charge is 2.22. The van der Waals surface area contributed by atoms with E-state index in [2.05, 4.69) is 0 Å². The summed E-state index contributed by atoms with van der Waals surface area (Å²) >= 11 is 0. The topological polar surface area (TPSA) is 63.4 Å². The summed E-state index contributed by atoms with van der Waals surface area (Å²) in [4.78, 5) is 0.379. The van der Waals surface area contributed by atoms with Gasteiger partial charge in [0.05, 0.1) is 4.90 Å². The minimum atomic E-state index is -3.43. The second kappa shape index (κ2) is 5.82. The van der Waals surface area contributed by atoms with Crippen LogP contribution < -0.4 is 5.73 Å². The Bertz CT molecular complexity index is 510. The number of hydrogen-bond acceptors (Lipinski definition) is 3. The number of likely N-dealkylation sites (N-methyl/N-ethyl adjacent to an activating group) is 1. The van der Waals surface area contributed by atoms with Gasteiger partial charge < -0.3 is 5.73 Å². The van der Waals surface area contributed by atoms with Gasteiger partial charge in [-0.25, -0.2) is 8.42 Å². The van der Waals surface area contributed by atoms with Gasteiger partial charge in [-0.1, -0.05) is 26.0 Å². The Morgan fingerprint density at radius 2 is 1.94 bits per heavy atom. The molecule has 0 saturated carbocycles. The Balaban J connectivity index is 3.27. The first kappa shape index (κ1) is 15.1. The van der Waals surface area contributed by atoms with Gasteiger partial charge in [0.15, 0.2) is 0 Å². The van der Waals surface area contributed by atoms with Gasteiger partial charge in [-0.3, -0.25) is 0 Å². The van der Waals surface area contributed by atoms with Crippen molar-refractivity contribution in [2.45, 2.75) is 31.6 Å². The third-order valence-corrected chi connectivity index (χ3v) is 5.01. The first-order chi connectivity index (χ1) is 8.30. The first-order valence-electron chi connectivity index (χ1n) is 6.07. The highest BCUT2D eigenvalue weighted by molar-refractivity contribution is 7.89. The van der Waals surface area contributed by atoms with E-state index < -0.39 is 10.0 Å². The number of nitrogens with zero attached hydrogens (tertiary/aromatic N) is 1. The predicted octanol–water partition coefficient (Wildman–Crippen LogP) is 1.70. The van der Waals surface area contributed by atoms with Crippen LogP contribution in [0, 0.1) is 6.92 Å². The van der Waals surface area contributed by atoms with Crippen LogP contribution in [0.25, 0.3) is 0 Å². The first-order valence-corrected chi connectivity index (χ1v) is 7.51. The molecule has 2 N–H and O–H groups in total. The molecule has 0 radical (unpaired) electrons. The molecule has 0 bridgehead atoms. The summed E-state index contributed by atoms with van der Waals surface area (Å²) in [6.07, 6.45) is 0. The van der Waals surface area contributed by atoms with Gasteiger partial charge in [0.25, 0.3) is 0 Å². The van der Waals surface area contributed by atoms with Gasteiger partial charge in [0, 0.05) is 20.1 Å². The normalized spacial score (nSPS) is 12.4. The van der Waals surface area contributed by atoms with Crippen LogP contribution in [0.2, 0.25) is 0 Å². The van der Waals surface area contributed by atoms with E-state index in [-0.39, 0.29) is 0 Å². The van der Waals surface area contributed by atoms with Crippen LogP contribution in [0.4, 0.5) is 0 Å². The maximum Gasteiger partial charge on any atom is 0.243 e. The van der Waals surface area contributed by atoms with E-state index in [1.54, 1.807) is 13.1 Å². The Kier molecular flexibility index (Phi) is 4.90. The number of aryl methyl sites for hydroxylation is 1. The van der Waals surface area contributed by atoms with Crippen molar-refractivity contribution in [2.24, 2.45) is 5.73 Å². The molecule has 0 unspecified atom stereocenters. The second-order valence-electron chi connectivity index (χ2n) is 4.79. The molecule has 0 aliphatic heterocycles. The van der Waals surface area contributed by atoms with Gasteiger partial charge in [-0.15, -0.1) is 0 Å². The number of sulfonamides is 1. The zero-order valence-electron chi connectivity index (χ0n) is 11.5. The SMILES string of the molecule is Cc1ccc(C(C)C)cc1S(=O)(=O)N(C)CCN. The molecule has 0 spiro atoms. The number of benzene rings is 1. The fraction of sp³-hybridized carbons (Fsp3) is 0.538. The predicted molar refractivity (Wildman–Crippen MR) is 74.1 cm³/mol. The minimum absolute atomic E-state index is 0.305. The fourth-order valence-corrected chi connectivity index (χ4v) is 3.17. The molecular weight excluding hydrogens is 248 g/mol. The lowest BCUT2D eigenvalue weighted by Crippen LogP contribution is -2.32. The molecule has 0 amide bonds. The van der Waals surface area contributed by atoms with Gasteiger partial charge >= 0.3 is 0 Å². The van der Waals surface area contributed by atoms with E-state index in [1.807, 2.05) is 32.9 Å². The van der Waals surface area contributed by atoms with Crippen molar-refractivity contribution in [3.05, 3.63) is 29.3 Å². The van der Waals surface area contributed by atoms with Crippen molar-refractivity contribution in [2.75, 3.05) is 20.1 Å². The van der Waals surface area contributed by atoms with E-state index >= 15 is 0 Å². The molecule has 0 heterocycles. The lowest BCUT2D eigenvalue weighted by atomic mass is 10.0. The molecule has 0 saturated heterocycles. The molecule has 1 aromatic carbocycles. The van der Waals surface area contributed by atoms with Crippen LogP contribution in [0.3, 0.4) is 0 Å². The molecule has 1 rings (SSSR count). The van der Waals surface area contributed by atoms with E-state index in [4.69, 9.17) is 5.73 Å². The summed E-state index contributed by atoms with van der Waals surface area (Å²) in [6, 6.07) is 5.60. The van der Waals surface area contributed by atoms with Crippen molar-refractivity contribution in [1.29, 1.82) is 0 Å². The Labute approximate surface area is 110 Å². The second-order valence-corrected chi connectivity index (χ2v) is 6.81. The number of rotatable bonds is 5. The van der Waals surface area contributed by atoms with E-state index in [1.165, 1.54) is 4.31 Å². The van der Waals surface area contributed by atoms with Crippen molar-refractivity contribution >= 4 is 10.0 Å². The molecule has 0 aromatic heterocycles. The molecule has 4 nitrogen and oxygen atoms in total. The number of hydrogen-bond donors (Lipinski definition) is 1. The Morgan fingerprint density at radius 1 is 1.33 bits per heavy atom. The zero-order valence-corrected chi connectivity index (χ0v) is 12.3. The average Bonchev–Trinajstić information content (AvgIpc) is 2.29. The van der Waals surface area contributed by atoms with Crippen LogP contribution in [0.5, 0.6) is 0 Å². The largest absolute Gasteiger partial charge is 0.329 e. The van der Waals surface area contributed by atoms with E-state index in [9.17, 15) is 8.42 Å². The summed E-state index contributed by atoms with van der Waals surface area (Å²) in [5, 5.41) is 0. The van der Waals surface area contributed by atoms with E-state index in [0.29, 0.717) is 23.9 Å². The lowest BCUT2D eigenvalue weighted by Gasteiger charge is -2.19. The molecular formula is C13H22N2O2S. The van der Waals surface area contributed by atoms with Gasteiger partial charge in [0.1, 0.15) is 0 Å². The maximum absolute atomic E-state index is 12.4. The molecule has 18 heavy (non-hydrogen) atoms. The maximum atomic E-state index is 12.4. The minimum Gasteiger partial charge on any atom is -0.329 e. The highest BCUT2D eigenvalue weighted by Crippen LogP contribution is 2.24. The molecule has 0 aliphatic rings. The molecule has 102 valence electrons. The average molecular weight is 270 g/mol. The third kappa shape index (κ3) is 3.10. The van der Waals surface area contributed by atoms with Crippen LogP contribution in [-0.4, -0.2) is 32.9 Å². The number of nitrogens with two attached hydrogens (primary N) is 1. The van der Waals surface area contributed by atoms with Crippen LogP contribution in [0.15, 0.2) is 23.1 Å². The monoisotopic (exact) mass is 270 g/mol. The Hall–Kier alpha value is -0.910. The molecule has 1 aromatic rings.